The van der Waals surface area contributed by atoms with E-state index >= 15 is 0 Å². The third-order valence-electron chi connectivity index (χ3n) is 3.44. The van der Waals surface area contributed by atoms with E-state index in [-0.39, 0.29) is 6.61 Å². The molecule has 1 N–H and O–H groups in total. The Labute approximate surface area is 151 Å². The molecule has 0 unspecified atom stereocenters. The zero-order valence-corrected chi connectivity index (χ0v) is 13.9. The summed E-state index contributed by atoms with van der Waals surface area (Å²) in [6, 6.07) is 24.8. The van der Waals surface area contributed by atoms with Gasteiger partial charge < -0.3 is 14.8 Å². The first-order valence-electron chi connectivity index (χ1n) is 8.06. The molecule has 0 aliphatic carbocycles. The lowest BCUT2D eigenvalue weighted by Crippen LogP contribution is -2.20. The Morgan fingerprint density at radius 1 is 0.769 bits per heavy atom. The van der Waals surface area contributed by atoms with Crippen molar-refractivity contribution in [3.63, 3.8) is 0 Å². The van der Waals surface area contributed by atoms with Crippen molar-refractivity contribution in [1.82, 2.24) is 0 Å². The molecule has 5 nitrogen and oxygen atoms in total. The van der Waals surface area contributed by atoms with Crippen LogP contribution in [0.3, 0.4) is 0 Å². The number of para-hydroxylation sites is 2. The maximum absolute atomic E-state index is 12.1. The van der Waals surface area contributed by atoms with Crippen LogP contribution in [0, 0.1) is 0 Å². The SMILES string of the molecule is O=C(COC(=O)c1cccc(Oc2ccccc2)c1)Nc1ccccc1. The number of hydrogen-bond acceptors (Lipinski definition) is 4. The summed E-state index contributed by atoms with van der Waals surface area (Å²) in [7, 11) is 0. The zero-order valence-electron chi connectivity index (χ0n) is 13.9. The molecule has 3 aromatic carbocycles. The highest BCUT2D eigenvalue weighted by atomic mass is 16.5. The molecule has 0 radical (unpaired) electrons. The molecular weight excluding hydrogens is 330 g/mol. The van der Waals surface area contributed by atoms with Crippen LogP contribution < -0.4 is 10.1 Å². The lowest BCUT2D eigenvalue weighted by atomic mass is 10.2. The maximum Gasteiger partial charge on any atom is 0.338 e. The lowest BCUT2D eigenvalue weighted by molar-refractivity contribution is -0.119. The maximum atomic E-state index is 12.1. The second kappa shape index (κ2) is 8.48. The molecule has 0 saturated carbocycles. The van der Waals surface area contributed by atoms with Crippen LogP contribution in [0.2, 0.25) is 0 Å². The van der Waals surface area contributed by atoms with Gasteiger partial charge in [0.25, 0.3) is 5.91 Å². The quantitative estimate of drug-likeness (QED) is 0.676. The standard InChI is InChI=1S/C21H17NO4/c23-20(22-17-9-3-1-4-10-17)15-25-21(24)16-8-7-13-19(14-16)26-18-11-5-2-6-12-18/h1-14H,15H2,(H,22,23). The normalized spacial score (nSPS) is 10.0. The average Bonchev–Trinajstić information content (AvgIpc) is 2.68. The Balaban J connectivity index is 1.56. The average molecular weight is 347 g/mol. The van der Waals surface area contributed by atoms with Crippen molar-refractivity contribution in [1.29, 1.82) is 0 Å². The second-order valence-corrected chi connectivity index (χ2v) is 5.43. The summed E-state index contributed by atoms with van der Waals surface area (Å²) in [5.74, 6) is 0.188. The predicted molar refractivity (Wildman–Crippen MR) is 98.3 cm³/mol. The molecule has 0 aromatic heterocycles. The van der Waals surface area contributed by atoms with Crippen LogP contribution in [0.4, 0.5) is 5.69 Å². The Morgan fingerprint density at radius 3 is 2.15 bits per heavy atom. The van der Waals surface area contributed by atoms with Gasteiger partial charge in [0, 0.05) is 5.69 Å². The van der Waals surface area contributed by atoms with Crippen LogP contribution in [-0.2, 0) is 9.53 Å². The van der Waals surface area contributed by atoms with Gasteiger partial charge >= 0.3 is 5.97 Å². The van der Waals surface area contributed by atoms with Crippen molar-refractivity contribution < 1.29 is 19.1 Å². The molecule has 0 spiro atoms. The molecule has 130 valence electrons. The third kappa shape index (κ3) is 4.95. The minimum absolute atomic E-state index is 0.311. The molecule has 0 saturated heterocycles. The molecule has 0 bridgehead atoms. The Hall–Kier alpha value is -3.60. The van der Waals surface area contributed by atoms with Gasteiger partial charge in [-0.1, -0.05) is 42.5 Å². The smallest absolute Gasteiger partial charge is 0.338 e. The summed E-state index contributed by atoms with van der Waals surface area (Å²) in [6.45, 7) is -0.364. The van der Waals surface area contributed by atoms with Gasteiger partial charge in [0.1, 0.15) is 11.5 Å². The van der Waals surface area contributed by atoms with Gasteiger partial charge in [0.05, 0.1) is 5.56 Å². The highest BCUT2D eigenvalue weighted by Crippen LogP contribution is 2.22. The fourth-order valence-corrected chi connectivity index (χ4v) is 2.24. The molecule has 0 aliphatic heterocycles. The van der Waals surface area contributed by atoms with Crippen LogP contribution in [0.1, 0.15) is 10.4 Å². The number of ether oxygens (including phenoxy) is 2. The van der Waals surface area contributed by atoms with E-state index in [4.69, 9.17) is 9.47 Å². The molecule has 5 heteroatoms. The monoisotopic (exact) mass is 347 g/mol. The topological polar surface area (TPSA) is 64.6 Å². The fraction of sp³-hybridized carbons (Fsp3) is 0.0476. The lowest BCUT2D eigenvalue weighted by Gasteiger charge is -2.08. The van der Waals surface area contributed by atoms with Crippen molar-refractivity contribution in [2.75, 3.05) is 11.9 Å². The molecule has 26 heavy (non-hydrogen) atoms. The van der Waals surface area contributed by atoms with E-state index < -0.39 is 11.9 Å². The van der Waals surface area contributed by atoms with Gasteiger partial charge in [0.15, 0.2) is 6.61 Å². The molecule has 3 aromatic rings. The molecule has 1 amide bonds. The number of rotatable bonds is 6. The van der Waals surface area contributed by atoms with Crippen molar-refractivity contribution in [2.45, 2.75) is 0 Å². The molecule has 0 aliphatic rings. The van der Waals surface area contributed by atoms with E-state index in [0.717, 1.165) is 0 Å². The fourth-order valence-electron chi connectivity index (χ4n) is 2.24. The molecule has 0 fully saturated rings. The number of hydrogen-bond donors (Lipinski definition) is 1. The number of nitrogens with one attached hydrogen (secondary N) is 1. The van der Waals surface area contributed by atoms with Crippen LogP contribution >= 0.6 is 0 Å². The van der Waals surface area contributed by atoms with Gasteiger partial charge in [-0.15, -0.1) is 0 Å². The van der Waals surface area contributed by atoms with Crippen molar-refractivity contribution in [3.8, 4) is 11.5 Å². The highest BCUT2D eigenvalue weighted by Gasteiger charge is 2.11. The van der Waals surface area contributed by atoms with Crippen molar-refractivity contribution in [2.24, 2.45) is 0 Å². The number of amides is 1. The van der Waals surface area contributed by atoms with E-state index in [2.05, 4.69) is 5.32 Å². The third-order valence-corrected chi connectivity index (χ3v) is 3.44. The largest absolute Gasteiger partial charge is 0.457 e. The van der Waals surface area contributed by atoms with E-state index in [0.29, 0.717) is 22.7 Å². The van der Waals surface area contributed by atoms with Crippen LogP contribution in [0.15, 0.2) is 84.9 Å². The molecule has 3 rings (SSSR count). The summed E-state index contributed by atoms with van der Waals surface area (Å²) in [5, 5.41) is 2.65. The van der Waals surface area contributed by atoms with E-state index in [1.807, 2.05) is 36.4 Å². The Morgan fingerprint density at radius 2 is 1.42 bits per heavy atom. The first-order valence-corrected chi connectivity index (χ1v) is 8.06. The molecule has 0 heterocycles. The zero-order chi connectivity index (χ0) is 18.2. The minimum atomic E-state index is -0.591. The number of benzene rings is 3. The minimum Gasteiger partial charge on any atom is -0.457 e. The molecule has 0 atom stereocenters. The van der Waals surface area contributed by atoms with Gasteiger partial charge in [-0.2, -0.15) is 0 Å². The van der Waals surface area contributed by atoms with Gasteiger partial charge in [-0.3, -0.25) is 4.79 Å². The summed E-state index contributed by atoms with van der Waals surface area (Å²) in [6.07, 6.45) is 0. The Bertz CT molecular complexity index is 879. The summed E-state index contributed by atoms with van der Waals surface area (Å²) in [5.41, 5.74) is 0.956. The first-order chi connectivity index (χ1) is 12.7. The second-order valence-electron chi connectivity index (χ2n) is 5.43. The summed E-state index contributed by atoms with van der Waals surface area (Å²) in [4.78, 5) is 24.0. The highest BCUT2D eigenvalue weighted by molar-refractivity contribution is 5.95. The van der Waals surface area contributed by atoms with Crippen molar-refractivity contribution >= 4 is 17.6 Å². The Kier molecular flexibility index (Phi) is 5.62. The van der Waals surface area contributed by atoms with Crippen LogP contribution in [-0.4, -0.2) is 18.5 Å². The van der Waals surface area contributed by atoms with Crippen LogP contribution in [0.5, 0.6) is 11.5 Å². The van der Waals surface area contributed by atoms with E-state index in [1.165, 1.54) is 0 Å². The number of anilines is 1. The van der Waals surface area contributed by atoms with E-state index in [9.17, 15) is 9.59 Å². The van der Waals surface area contributed by atoms with Gasteiger partial charge in [-0.05, 0) is 42.5 Å². The van der Waals surface area contributed by atoms with Gasteiger partial charge in [-0.25, -0.2) is 4.79 Å². The van der Waals surface area contributed by atoms with Crippen LogP contribution in [0.25, 0.3) is 0 Å². The summed E-state index contributed by atoms with van der Waals surface area (Å²) < 4.78 is 10.7. The number of esters is 1. The summed E-state index contributed by atoms with van der Waals surface area (Å²) >= 11 is 0. The van der Waals surface area contributed by atoms with Gasteiger partial charge in [0.2, 0.25) is 0 Å². The number of carbonyl (C=O) groups excluding carboxylic acids is 2. The van der Waals surface area contributed by atoms with Crippen molar-refractivity contribution in [3.05, 3.63) is 90.5 Å². The predicted octanol–water partition coefficient (Wildman–Crippen LogP) is 4.27. The number of carbonyl (C=O) groups is 2. The molecular formula is C21H17NO4. The van der Waals surface area contributed by atoms with E-state index in [1.54, 1.807) is 48.5 Å². The first kappa shape index (κ1) is 17.2.